The lowest BCUT2D eigenvalue weighted by molar-refractivity contribution is -0.140. The third-order valence-corrected chi connectivity index (χ3v) is 10.0. The number of rotatable bonds is 13. The number of nitrogens with one attached hydrogen (secondary N) is 1. The lowest BCUT2D eigenvalue weighted by Crippen LogP contribution is -2.53. The Morgan fingerprint density at radius 1 is 0.804 bits per heavy atom. The van der Waals surface area contributed by atoms with E-state index in [1.807, 2.05) is 101 Å². The topological polar surface area (TPSA) is 86.8 Å². The normalized spacial score (nSPS) is 12.1. The molecule has 4 aromatic rings. The zero-order valence-electron chi connectivity index (χ0n) is 27.0. The molecule has 9 heteroatoms. The Hall–Kier alpha value is -3.95. The Labute approximate surface area is 281 Å². The lowest BCUT2D eigenvalue weighted by atomic mass is 10.0. The minimum atomic E-state index is -4.16. The molecule has 4 rings (SSSR count). The van der Waals surface area contributed by atoms with Gasteiger partial charge in [0.05, 0.1) is 10.6 Å². The van der Waals surface area contributed by atoms with Crippen LogP contribution in [0, 0.1) is 26.7 Å². The average molecular weight is 705 g/mol. The van der Waals surface area contributed by atoms with Crippen LogP contribution >= 0.6 is 15.9 Å². The Morgan fingerprint density at radius 2 is 1.43 bits per heavy atom. The molecule has 0 saturated heterocycles. The molecule has 0 spiro atoms. The van der Waals surface area contributed by atoms with Crippen LogP contribution in [0.25, 0.3) is 0 Å². The summed E-state index contributed by atoms with van der Waals surface area (Å²) in [5.41, 5.74) is 4.61. The van der Waals surface area contributed by atoms with Crippen LogP contribution in [-0.2, 0) is 32.6 Å². The Morgan fingerprint density at radius 3 is 2.07 bits per heavy atom. The van der Waals surface area contributed by atoms with Gasteiger partial charge in [0.15, 0.2) is 0 Å². The summed E-state index contributed by atoms with van der Waals surface area (Å²) in [6.07, 6.45) is 0.265. The van der Waals surface area contributed by atoms with Crippen LogP contribution in [0.1, 0.15) is 41.7 Å². The summed E-state index contributed by atoms with van der Waals surface area (Å²) in [5, 5.41) is 3.02. The van der Waals surface area contributed by atoms with Crippen molar-refractivity contribution in [2.45, 2.75) is 58.5 Å². The third-order valence-electron chi connectivity index (χ3n) is 7.74. The van der Waals surface area contributed by atoms with Gasteiger partial charge in [-0.25, -0.2) is 8.42 Å². The molecule has 0 aliphatic rings. The fraction of sp³-hybridized carbons (Fsp3) is 0.297. The highest BCUT2D eigenvalue weighted by Gasteiger charge is 2.35. The van der Waals surface area contributed by atoms with E-state index in [0.29, 0.717) is 17.8 Å². The smallest absolute Gasteiger partial charge is 0.264 e. The van der Waals surface area contributed by atoms with E-state index in [1.165, 1.54) is 9.21 Å². The number of nitrogens with zero attached hydrogens (tertiary/aromatic N) is 2. The van der Waals surface area contributed by atoms with Crippen LogP contribution in [0.3, 0.4) is 0 Å². The number of sulfonamides is 1. The molecule has 0 fully saturated rings. The van der Waals surface area contributed by atoms with Crippen LogP contribution in [-0.4, -0.2) is 44.3 Å². The van der Waals surface area contributed by atoms with E-state index >= 15 is 0 Å². The van der Waals surface area contributed by atoms with E-state index in [4.69, 9.17) is 0 Å². The molecule has 1 atom stereocenters. The number of benzene rings is 4. The van der Waals surface area contributed by atoms with Gasteiger partial charge in [0.2, 0.25) is 11.8 Å². The van der Waals surface area contributed by atoms with Gasteiger partial charge in [0, 0.05) is 24.0 Å². The van der Waals surface area contributed by atoms with Crippen molar-refractivity contribution in [3.05, 3.63) is 129 Å². The summed E-state index contributed by atoms with van der Waals surface area (Å²) >= 11 is 3.47. The Bertz CT molecular complexity index is 1740. The summed E-state index contributed by atoms with van der Waals surface area (Å²) < 4.78 is 30.7. The molecule has 2 amide bonds. The minimum absolute atomic E-state index is 0.0850. The molecule has 0 unspecified atom stereocenters. The van der Waals surface area contributed by atoms with Crippen molar-refractivity contribution in [2.24, 2.45) is 5.92 Å². The lowest BCUT2D eigenvalue weighted by Gasteiger charge is -2.34. The second-order valence-corrected chi connectivity index (χ2v) is 14.9. The summed E-state index contributed by atoms with van der Waals surface area (Å²) in [4.78, 5) is 30.1. The highest BCUT2D eigenvalue weighted by molar-refractivity contribution is 9.10. The molecule has 4 aromatic carbocycles. The Kier molecular flexibility index (Phi) is 11.8. The van der Waals surface area contributed by atoms with E-state index in [0.717, 1.165) is 26.7 Å². The van der Waals surface area contributed by atoms with Crippen LogP contribution < -0.4 is 9.62 Å². The Balaban J connectivity index is 1.82. The molecule has 46 heavy (non-hydrogen) atoms. The second kappa shape index (κ2) is 15.6. The number of carbonyl (C=O) groups is 2. The number of aryl methyl sites for hydroxylation is 3. The molecular formula is C37H42BrN3O4S. The molecule has 0 bridgehead atoms. The summed E-state index contributed by atoms with van der Waals surface area (Å²) in [6.45, 7) is 9.69. The van der Waals surface area contributed by atoms with Crippen molar-refractivity contribution in [2.75, 3.05) is 17.4 Å². The summed E-state index contributed by atoms with van der Waals surface area (Å²) in [5.74, 6) is -0.570. The zero-order valence-corrected chi connectivity index (χ0v) is 29.4. The highest BCUT2D eigenvalue weighted by atomic mass is 79.9. The fourth-order valence-corrected chi connectivity index (χ4v) is 6.84. The van der Waals surface area contributed by atoms with Crippen LogP contribution in [0.4, 0.5) is 5.69 Å². The van der Waals surface area contributed by atoms with E-state index in [9.17, 15) is 18.0 Å². The maximum absolute atomic E-state index is 14.6. The van der Waals surface area contributed by atoms with Gasteiger partial charge in [-0.05, 0) is 79.3 Å². The van der Waals surface area contributed by atoms with Crippen LogP contribution in [0.5, 0.6) is 0 Å². The van der Waals surface area contributed by atoms with Gasteiger partial charge in [-0.15, -0.1) is 0 Å². The van der Waals surface area contributed by atoms with Gasteiger partial charge < -0.3 is 10.2 Å². The van der Waals surface area contributed by atoms with Crippen LogP contribution in [0.15, 0.2) is 106 Å². The number of hydrogen-bond donors (Lipinski definition) is 1. The van der Waals surface area contributed by atoms with E-state index in [1.54, 1.807) is 30.3 Å². The molecule has 1 N–H and O–H groups in total. The van der Waals surface area contributed by atoms with Gasteiger partial charge >= 0.3 is 0 Å². The predicted octanol–water partition coefficient (Wildman–Crippen LogP) is 6.98. The largest absolute Gasteiger partial charge is 0.354 e. The molecule has 7 nitrogen and oxygen atoms in total. The van der Waals surface area contributed by atoms with Gasteiger partial charge in [0.25, 0.3) is 10.0 Å². The maximum Gasteiger partial charge on any atom is 0.264 e. The summed E-state index contributed by atoms with van der Waals surface area (Å²) in [7, 11) is -4.16. The first-order valence-electron chi connectivity index (χ1n) is 15.4. The van der Waals surface area contributed by atoms with E-state index in [2.05, 4.69) is 21.2 Å². The number of carbonyl (C=O) groups excluding carboxylic acids is 2. The molecule has 0 aliphatic carbocycles. The van der Waals surface area contributed by atoms with Crippen molar-refractivity contribution < 1.29 is 18.0 Å². The quantitative estimate of drug-likeness (QED) is 0.163. The molecular weight excluding hydrogens is 662 g/mol. The van der Waals surface area contributed by atoms with E-state index in [-0.39, 0.29) is 29.7 Å². The standard InChI is InChI=1S/C37H42BrN3O4S/c1-26(2)23-39-37(43)35(22-30-9-7-6-8-10-30)40(24-31-15-17-32(38)18-16-31)36(42)25-41(34-21-28(4)11-14-29(34)5)46(44,45)33-19-12-27(3)13-20-33/h6-21,26,35H,22-25H2,1-5H3,(H,39,43)/t35-/m1/s1. The van der Waals surface area contributed by atoms with Gasteiger partial charge in [-0.2, -0.15) is 0 Å². The van der Waals surface area contributed by atoms with Crippen molar-refractivity contribution in [3.63, 3.8) is 0 Å². The zero-order chi connectivity index (χ0) is 33.4. The highest BCUT2D eigenvalue weighted by Crippen LogP contribution is 2.29. The fourth-order valence-electron chi connectivity index (χ4n) is 5.10. The number of halogens is 1. The minimum Gasteiger partial charge on any atom is -0.354 e. The first-order valence-corrected chi connectivity index (χ1v) is 17.6. The van der Waals surface area contributed by atoms with Gasteiger partial charge in [0.1, 0.15) is 12.6 Å². The predicted molar refractivity (Wildman–Crippen MR) is 188 cm³/mol. The van der Waals surface area contributed by atoms with Crippen molar-refractivity contribution >= 4 is 43.5 Å². The molecule has 242 valence electrons. The molecule has 0 radical (unpaired) electrons. The summed E-state index contributed by atoms with van der Waals surface area (Å²) in [6, 6.07) is 28.4. The molecule has 0 heterocycles. The second-order valence-electron chi connectivity index (χ2n) is 12.1. The van der Waals surface area contributed by atoms with Crippen molar-refractivity contribution in [3.8, 4) is 0 Å². The van der Waals surface area contributed by atoms with Gasteiger partial charge in [-0.1, -0.05) is 102 Å². The molecule has 0 saturated carbocycles. The van der Waals surface area contributed by atoms with Crippen molar-refractivity contribution in [1.29, 1.82) is 0 Å². The first-order chi connectivity index (χ1) is 21.8. The number of amides is 2. The monoisotopic (exact) mass is 703 g/mol. The SMILES string of the molecule is Cc1ccc(S(=O)(=O)N(CC(=O)N(Cc2ccc(Br)cc2)[C@H](Cc2ccccc2)C(=O)NCC(C)C)c2cc(C)ccc2C)cc1. The first kappa shape index (κ1) is 34.9. The number of hydrogen-bond acceptors (Lipinski definition) is 4. The number of anilines is 1. The maximum atomic E-state index is 14.6. The van der Waals surface area contributed by atoms with Gasteiger partial charge in [-0.3, -0.25) is 13.9 Å². The average Bonchev–Trinajstić information content (AvgIpc) is 3.03. The van der Waals surface area contributed by atoms with E-state index < -0.39 is 28.5 Å². The molecule has 0 aromatic heterocycles. The molecule has 0 aliphatic heterocycles. The van der Waals surface area contributed by atoms with Crippen LogP contribution in [0.2, 0.25) is 0 Å². The third kappa shape index (κ3) is 9.07. The van der Waals surface area contributed by atoms with Crippen molar-refractivity contribution in [1.82, 2.24) is 10.2 Å².